The number of aliphatic hydroxyl groups is 2. The number of esters is 1. The molecule has 0 bridgehead atoms. The predicted octanol–water partition coefficient (Wildman–Crippen LogP) is 16.3. The summed E-state index contributed by atoms with van der Waals surface area (Å²) in [4.78, 5) is 26.1. The summed E-state index contributed by atoms with van der Waals surface area (Å²) < 4.78 is 5.91. The molecular formula is C55H105NO5. The van der Waals surface area contributed by atoms with Crippen LogP contribution in [0.5, 0.6) is 0 Å². The zero-order valence-electron chi connectivity index (χ0n) is 41.1. The monoisotopic (exact) mass is 860 g/mol. The Bertz CT molecular complexity index is 966. The van der Waals surface area contributed by atoms with Crippen LogP contribution in [-0.2, 0) is 14.3 Å². The molecule has 0 heterocycles. The van der Waals surface area contributed by atoms with Gasteiger partial charge in [0.15, 0.2) is 0 Å². The molecule has 0 fully saturated rings. The van der Waals surface area contributed by atoms with Crippen molar-refractivity contribution < 1.29 is 24.5 Å². The van der Waals surface area contributed by atoms with Crippen molar-refractivity contribution in [2.45, 2.75) is 309 Å². The second kappa shape index (κ2) is 49.4. The molecule has 3 unspecified atom stereocenters. The molecule has 6 nitrogen and oxygen atoms in total. The van der Waals surface area contributed by atoms with Gasteiger partial charge in [-0.2, -0.15) is 0 Å². The molecule has 61 heavy (non-hydrogen) atoms. The number of aliphatic hydroxyl groups excluding tert-OH is 2. The van der Waals surface area contributed by atoms with Crippen LogP contribution in [0.4, 0.5) is 0 Å². The summed E-state index contributed by atoms with van der Waals surface area (Å²) in [5.41, 5.74) is 0. The summed E-state index contributed by atoms with van der Waals surface area (Å²) in [7, 11) is 0. The lowest BCUT2D eigenvalue weighted by Gasteiger charge is -2.24. The molecule has 3 atom stereocenters. The van der Waals surface area contributed by atoms with Crippen LogP contribution in [0.3, 0.4) is 0 Å². The van der Waals surface area contributed by atoms with Gasteiger partial charge < -0.3 is 20.3 Å². The van der Waals surface area contributed by atoms with E-state index >= 15 is 0 Å². The first-order valence-electron chi connectivity index (χ1n) is 27.1. The van der Waals surface area contributed by atoms with Gasteiger partial charge in [0.1, 0.15) is 6.10 Å². The van der Waals surface area contributed by atoms with Crippen LogP contribution in [0, 0.1) is 0 Å². The van der Waals surface area contributed by atoms with Gasteiger partial charge in [0.05, 0.1) is 25.2 Å². The lowest BCUT2D eigenvalue weighted by atomic mass is 10.0. The molecular weight excluding hydrogens is 755 g/mol. The third kappa shape index (κ3) is 44.7. The minimum Gasteiger partial charge on any atom is -0.462 e. The summed E-state index contributed by atoms with van der Waals surface area (Å²) in [6, 6.07) is -0.707. The maximum Gasteiger partial charge on any atom is 0.306 e. The zero-order valence-corrected chi connectivity index (χ0v) is 41.1. The van der Waals surface area contributed by atoms with Crippen LogP contribution in [0.2, 0.25) is 0 Å². The molecule has 0 aliphatic carbocycles. The van der Waals surface area contributed by atoms with E-state index in [2.05, 4.69) is 50.4 Å². The second-order valence-corrected chi connectivity index (χ2v) is 18.6. The van der Waals surface area contributed by atoms with E-state index in [1.807, 2.05) is 0 Å². The molecule has 1 amide bonds. The molecule has 0 saturated heterocycles. The lowest BCUT2D eigenvalue weighted by Crippen LogP contribution is -2.46. The zero-order chi connectivity index (χ0) is 44.5. The summed E-state index contributed by atoms with van der Waals surface area (Å²) in [5.74, 6) is -0.538. The molecule has 0 saturated carbocycles. The first kappa shape index (κ1) is 59.3. The van der Waals surface area contributed by atoms with Crippen molar-refractivity contribution in [1.29, 1.82) is 0 Å². The number of rotatable bonds is 49. The molecule has 0 aromatic heterocycles. The number of nitrogens with one attached hydrogen (secondary N) is 1. The Kier molecular flexibility index (Phi) is 48.0. The molecule has 0 radical (unpaired) electrons. The van der Waals surface area contributed by atoms with E-state index in [9.17, 15) is 19.8 Å². The summed E-state index contributed by atoms with van der Waals surface area (Å²) in [6.45, 7) is 6.49. The number of hydrogen-bond donors (Lipinski definition) is 3. The van der Waals surface area contributed by atoms with Crippen molar-refractivity contribution in [3.8, 4) is 0 Å². The van der Waals surface area contributed by atoms with Crippen LogP contribution in [0.1, 0.15) is 290 Å². The maximum atomic E-state index is 13.2. The van der Waals surface area contributed by atoms with E-state index in [1.165, 1.54) is 199 Å². The van der Waals surface area contributed by atoms with Crippen molar-refractivity contribution >= 4 is 11.9 Å². The normalized spacial score (nSPS) is 13.3. The average Bonchev–Trinajstić information content (AvgIpc) is 3.25. The van der Waals surface area contributed by atoms with Crippen molar-refractivity contribution in [3.05, 3.63) is 24.3 Å². The highest BCUT2D eigenvalue weighted by Crippen LogP contribution is 2.18. The molecule has 6 heteroatoms. The number of ether oxygens (including phenoxy) is 1. The fourth-order valence-electron chi connectivity index (χ4n) is 8.43. The van der Waals surface area contributed by atoms with Gasteiger partial charge in [-0.3, -0.25) is 9.59 Å². The van der Waals surface area contributed by atoms with E-state index in [1.54, 1.807) is 0 Å². The molecule has 0 aliphatic heterocycles. The molecule has 0 aliphatic rings. The summed E-state index contributed by atoms with van der Waals surface area (Å²) >= 11 is 0. The van der Waals surface area contributed by atoms with E-state index in [4.69, 9.17) is 4.74 Å². The van der Waals surface area contributed by atoms with Gasteiger partial charge in [-0.05, 0) is 44.9 Å². The van der Waals surface area contributed by atoms with Crippen LogP contribution in [-0.4, -0.2) is 46.9 Å². The molecule has 0 aromatic carbocycles. The smallest absolute Gasteiger partial charge is 0.306 e. The summed E-state index contributed by atoms with van der Waals surface area (Å²) in [5, 5.41) is 23.8. The Hall–Kier alpha value is -1.66. The Labute approximate surface area is 380 Å². The molecule has 0 aromatic rings. The standard InChI is InChI=1S/C55H105NO5/c1-4-7-10-13-16-19-22-25-27-29-31-34-37-40-43-46-51(61-55(60)48-45-42-39-36-33-28-24-21-18-15-12-9-6-3)49-54(59)56-52(50-57)53(58)47-44-41-38-35-32-30-26-23-20-17-14-11-8-5-2/h28,33,39,42,51-53,57-58H,4-27,29-32,34-38,40-41,43-50H2,1-3H3,(H,56,59)/b33-28-,42-39+. The molecule has 0 rings (SSSR count). The van der Waals surface area contributed by atoms with Crippen molar-refractivity contribution in [1.82, 2.24) is 5.32 Å². The number of hydrogen-bond acceptors (Lipinski definition) is 5. The minimum atomic E-state index is -0.792. The number of carbonyl (C=O) groups excluding carboxylic acids is 2. The van der Waals surface area contributed by atoms with E-state index in [0.29, 0.717) is 25.7 Å². The largest absolute Gasteiger partial charge is 0.462 e. The van der Waals surface area contributed by atoms with Crippen LogP contribution in [0.15, 0.2) is 24.3 Å². The molecule has 360 valence electrons. The maximum absolute atomic E-state index is 13.2. The van der Waals surface area contributed by atoms with Crippen LogP contribution < -0.4 is 5.32 Å². The Morgan fingerprint density at radius 1 is 0.475 bits per heavy atom. The predicted molar refractivity (Wildman–Crippen MR) is 264 cm³/mol. The van der Waals surface area contributed by atoms with Crippen molar-refractivity contribution in [3.63, 3.8) is 0 Å². The third-order valence-electron chi connectivity index (χ3n) is 12.5. The van der Waals surface area contributed by atoms with Gasteiger partial charge in [-0.1, -0.05) is 257 Å². The number of allylic oxidation sites excluding steroid dienone is 4. The molecule has 3 N–H and O–H groups in total. The van der Waals surface area contributed by atoms with Crippen molar-refractivity contribution in [2.75, 3.05) is 6.61 Å². The number of unbranched alkanes of at least 4 members (excludes halogenated alkanes) is 33. The fraction of sp³-hybridized carbons (Fsp3) is 0.891. The van der Waals surface area contributed by atoms with Gasteiger partial charge >= 0.3 is 5.97 Å². The molecule has 0 spiro atoms. The van der Waals surface area contributed by atoms with E-state index in [-0.39, 0.29) is 24.9 Å². The number of carbonyl (C=O) groups is 2. The van der Waals surface area contributed by atoms with Crippen LogP contribution in [0.25, 0.3) is 0 Å². The van der Waals surface area contributed by atoms with E-state index in [0.717, 1.165) is 38.5 Å². The summed E-state index contributed by atoms with van der Waals surface area (Å²) in [6.07, 6.45) is 56.8. The lowest BCUT2D eigenvalue weighted by molar-refractivity contribution is -0.150. The van der Waals surface area contributed by atoms with Gasteiger partial charge in [0.2, 0.25) is 5.91 Å². The Balaban J connectivity index is 4.59. The fourth-order valence-corrected chi connectivity index (χ4v) is 8.43. The van der Waals surface area contributed by atoms with Gasteiger partial charge in [0.25, 0.3) is 0 Å². The van der Waals surface area contributed by atoms with Crippen LogP contribution >= 0.6 is 0 Å². The topological polar surface area (TPSA) is 95.9 Å². The number of amides is 1. The Morgan fingerprint density at radius 2 is 0.836 bits per heavy atom. The minimum absolute atomic E-state index is 0.0612. The highest BCUT2D eigenvalue weighted by molar-refractivity contribution is 5.77. The highest BCUT2D eigenvalue weighted by Gasteiger charge is 2.24. The highest BCUT2D eigenvalue weighted by atomic mass is 16.5. The first-order chi connectivity index (χ1) is 30.0. The SMILES string of the molecule is CCCCCCCC/C=C\C/C=C/CCC(=O)OC(CCCCCCCCCCCCCCCCC)CC(=O)NC(CO)C(O)CCCCCCCCCCCCCCCC. The third-order valence-corrected chi connectivity index (χ3v) is 12.5. The van der Waals surface area contributed by atoms with E-state index < -0.39 is 18.2 Å². The van der Waals surface area contributed by atoms with Crippen molar-refractivity contribution in [2.24, 2.45) is 0 Å². The first-order valence-corrected chi connectivity index (χ1v) is 27.1. The van der Waals surface area contributed by atoms with Gasteiger partial charge in [-0.25, -0.2) is 0 Å². The van der Waals surface area contributed by atoms with Gasteiger partial charge in [0, 0.05) is 6.42 Å². The Morgan fingerprint density at radius 3 is 1.25 bits per heavy atom. The van der Waals surface area contributed by atoms with Gasteiger partial charge in [-0.15, -0.1) is 0 Å². The average molecular weight is 860 g/mol. The quantitative estimate of drug-likeness (QED) is 0.0322. The second-order valence-electron chi connectivity index (χ2n) is 18.6.